The number of nitrogens with one attached hydrogen (secondary N) is 3. The van der Waals surface area contributed by atoms with Gasteiger partial charge in [-0.1, -0.05) is 34.1 Å². The predicted molar refractivity (Wildman–Crippen MR) is 93.6 cm³/mol. The first-order valence-electron chi connectivity index (χ1n) is 7.67. The number of fused-ring (bicyclic) bond motifs is 6. The van der Waals surface area contributed by atoms with Gasteiger partial charge in [-0.2, -0.15) is 0 Å². The highest BCUT2D eigenvalue weighted by molar-refractivity contribution is 9.10. The first kappa shape index (κ1) is 13.3. The highest BCUT2D eigenvalue weighted by Crippen LogP contribution is 2.47. The maximum absolute atomic E-state index is 13.0. The number of carbonyl (C=O) groups is 1. The Kier molecular flexibility index (Phi) is 2.59. The molecule has 3 heterocycles. The van der Waals surface area contributed by atoms with Crippen molar-refractivity contribution in [2.45, 2.75) is 12.0 Å². The molecule has 1 aromatic heterocycles. The van der Waals surface area contributed by atoms with Crippen LogP contribution in [-0.4, -0.2) is 17.4 Å². The van der Waals surface area contributed by atoms with Crippen molar-refractivity contribution in [3.05, 3.63) is 63.8 Å². The van der Waals surface area contributed by atoms with Crippen LogP contribution in [0.2, 0.25) is 0 Å². The molecule has 3 N–H and O–H groups in total. The number of hydrogen-bond donors (Lipinski definition) is 3. The van der Waals surface area contributed by atoms with E-state index in [1.807, 2.05) is 30.3 Å². The molecule has 1 spiro atoms. The van der Waals surface area contributed by atoms with Gasteiger partial charge < -0.3 is 10.3 Å². The summed E-state index contributed by atoms with van der Waals surface area (Å²) in [5, 5.41) is 7.66. The van der Waals surface area contributed by atoms with Crippen molar-refractivity contribution in [1.82, 2.24) is 10.3 Å². The van der Waals surface area contributed by atoms with Gasteiger partial charge in [0.2, 0.25) is 0 Å². The van der Waals surface area contributed by atoms with E-state index in [1.165, 1.54) is 0 Å². The van der Waals surface area contributed by atoms with Gasteiger partial charge in [0.1, 0.15) is 0 Å². The topological polar surface area (TPSA) is 56.9 Å². The Morgan fingerprint density at radius 2 is 2.00 bits per heavy atom. The van der Waals surface area contributed by atoms with E-state index in [0.29, 0.717) is 0 Å². The van der Waals surface area contributed by atoms with E-state index in [4.69, 9.17) is 0 Å². The lowest BCUT2D eigenvalue weighted by Crippen LogP contribution is -2.52. The van der Waals surface area contributed by atoms with E-state index >= 15 is 0 Å². The van der Waals surface area contributed by atoms with Crippen LogP contribution in [0.25, 0.3) is 10.9 Å². The average molecular weight is 368 g/mol. The van der Waals surface area contributed by atoms with Crippen LogP contribution in [0.1, 0.15) is 16.8 Å². The van der Waals surface area contributed by atoms with Gasteiger partial charge >= 0.3 is 0 Å². The highest BCUT2D eigenvalue weighted by Gasteiger charge is 2.52. The summed E-state index contributed by atoms with van der Waals surface area (Å²) in [6.07, 6.45) is 0.891. The molecule has 114 valence electrons. The minimum atomic E-state index is -0.813. The number of aromatic amines is 1. The molecule has 3 aromatic rings. The predicted octanol–water partition coefficient (Wildman–Crippen LogP) is 3.27. The van der Waals surface area contributed by atoms with E-state index in [0.717, 1.165) is 50.8 Å². The van der Waals surface area contributed by atoms with E-state index < -0.39 is 5.54 Å². The molecular formula is C18H14BrN3O. The zero-order valence-corrected chi connectivity index (χ0v) is 13.8. The van der Waals surface area contributed by atoms with Crippen LogP contribution in [-0.2, 0) is 16.8 Å². The van der Waals surface area contributed by atoms with Gasteiger partial charge in [0.15, 0.2) is 5.54 Å². The largest absolute Gasteiger partial charge is 0.358 e. The number of hydrogen-bond acceptors (Lipinski definition) is 2. The summed E-state index contributed by atoms with van der Waals surface area (Å²) in [6, 6.07) is 14.1. The van der Waals surface area contributed by atoms with Crippen molar-refractivity contribution in [2.24, 2.45) is 0 Å². The first-order chi connectivity index (χ1) is 11.2. The highest BCUT2D eigenvalue weighted by atomic mass is 79.9. The summed E-state index contributed by atoms with van der Waals surface area (Å²) < 4.78 is 0.973. The minimum absolute atomic E-state index is 0.00342. The number of amides is 1. The molecule has 5 rings (SSSR count). The Morgan fingerprint density at radius 1 is 1.13 bits per heavy atom. The molecule has 1 atom stereocenters. The molecule has 5 heteroatoms. The molecule has 0 radical (unpaired) electrons. The third-order valence-electron chi connectivity index (χ3n) is 4.90. The van der Waals surface area contributed by atoms with Crippen LogP contribution >= 0.6 is 15.9 Å². The van der Waals surface area contributed by atoms with Crippen LogP contribution < -0.4 is 10.6 Å². The number of benzene rings is 2. The number of para-hydroxylation sites is 1. The Bertz CT molecular complexity index is 978. The summed E-state index contributed by atoms with van der Waals surface area (Å²) >= 11 is 3.54. The molecule has 1 unspecified atom stereocenters. The van der Waals surface area contributed by atoms with Gasteiger partial charge in [-0.05, 0) is 24.3 Å². The molecular weight excluding hydrogens is 354 g/mol. The lowest BCUT2D eigenvalue weighted by atomic mass is 9.79. The molecule has 2 aromatic carbocycles. The third-order valence-corrected chi connectivity index (χ3v) is 5.39. The number of carbonyl (C=O) groups excluding carboxylic acids is 1. The van der Waals surface area contributed by atoms with Crippen LogP contribution in [0, 0.1) is 0 Å². The average Bonchev–Trinajstić information content (AvgIpc) is 3.06. The van der Waals surface area contributed by atoms with Crippen molar-refractivity contribution in [3.63, 3.8) is 0 Å². The van der Waals surface area contributed by atoms with Crippen LogP contribution in [0.4, 0.5) is 5.69 Å². The van der Waals surface area contributed by atoms with Crippen molar-refractivity contribution in [3.8, 4) is 0 Å². The maximum Gasteiger partial charge on any atom is 0.254 e. The van der Waals surface area contributed by atoms with Gasteiger partial charge in [0.05, 0.1) is 0 Å². The number of rotatable bonds is 0. The fourth-order valence-electron chi connectivity index (χ4n) is 3.97. The van der Waals surface area contributed by atoms with E-state index in [-0.39, 0.29) is 5.91 Å². The van der Waals surface area contributed by atoms with Gasteiger partial charge in [-0.15, -0.1) is 0 Å². The number of anilines is 1. The quantitative estimate of drug-likeness (QED) is 0.571. The molecule has 1 amide bonds. The summed E-state index contributed by atoms with van der Waals surface area (Å²) in [5.74, 6) is -0.00342. The zero-order valence-electron chi connectivity index (χ0n) is 12.2. The number of H-pyrrole nitrogens is 1. The lowest BCUT2D eigenvalue weighted by molar-refractivity contribution is -0.120. The minimum Gasteiger partial charge on any atom is -0.358 e. The molecule has 0 aliphatic carbocycles. The second-order valence-electron chi connectivity index (χ2n) is 6.09. The van der Waals surface area contributed by atoms with Crippen molar-refractivity contribution >= 4 is 38.4 Å². The van der Waals surface area contributed by atoms with Gasteiger partial charge in [-0.3, -0.25) is 10.1 Å². The van der Waals surface area contributed by atoms with E-state index in [2.05, 4.69) is 43.7 Å². The molecule has 4 nitrogen and oxygen atoms in total. The first-order valence-corrected chi connectivity index (χ1v) is 8.46. The molecule has 0 bridgehead atoms. The van der Waals surface area contributed by atoms with Crippen molar-refractivity contribution < 1.29 is 4.79 Å². The van der Waals surface area contributed by atoms with Crippen LogP contribution in [0.15, 0.2) is 46.9 Å². The van der Waals surface area contributed by atoms with E-state index in [1.54, 1.807) is 0 Å². The van der Waals surface area contributed by atoms with Gasteiger partial charge in [0.25, 0.3) is 5.91 Å². The van der Waals surface area contributed by atoms with Crippen molar-refractivity contribution in [1.29, 1.82) is 0 Å². The Labute approximate surface area is 141 Å². The SMILES string of the molecule is O=C1Nc2ccc(Br)cc2C12NCCc1[nH]c3ccccc3c12. The Hall–Kier alpha value is -2.11. The molecule has 2 aliphatic rings. The number of aromatic nitrogens is 1. The fourth-order valence-corrected chi connectivity index (χ4v) is 4.34. The van der Waals surface area contributed by atoms with Gasteiger partial charge in [-0.25, -0.2) is 0 Å². The molecule has 23 heavy (non-hydrogen) atoms. The molecule has 0 saturated carbocycles. The summed E-state index contributed by atoms with van der Waals surface area (Å²) in [4.78, 5) is 16.5. The second-order valence-corrected chi connectivity index (χ2v) is 7.01. The van der Waals surface area contributed by atoms with Gasteiger partial charge in [0, 0.05) is 50.8 Å². The summed E-state index contributed by atoms with van der Waals surface area (Å²) in [6.45, 7) is 0.763. The maximum atomic E-state index is 13.0. The zero-order chi connectivity index (χ0) is 15.6. The summed E-state index contributed by atoms with van der Waals surface area (Å²) in [5.41, 5.74) is 4.34. The Morgan fingerprint density at radius 3 is 2.91 bits per heavy atom. The number of halogens is 1. The normalized spacial score (nSPS) is 22.2. The fraction of sp³-hybridized carbons (Fsp3) is 0.167. The Balaban J connectivity index is 1.90. The van der Waals surface area contributed by atoms with Crippen LogP contribution in [0.5, 0.6) is 0 Å². The second kappa shape index (κ2) is 4.46. The summed E-state index contributed by atoms with van der Waals surface area (Å²) in [7, 11) is 0. The van der Waals surface area contributed by atoms with Crippen LogP contribution in [0.3, 0.4) is 0 Å². The van der Waals surface area contributed by atoms with Crippen molar-refractivity contribution in [2.75, 3.05) is 11.9 Å². The molecule has 2 aliphatic heterocycles. The lowest BCUT2D eigenvalue weighted by Gasteiger charge is -2.34. The smallest absolute Gasteiger partial charge is 0.254 e. The van der Waals surface area contributed by atoms with E-state index in [9.17, 15) is 4.79 Å². The molecule has 0 fully saturated rings. The standard InChI is InChI=1S/C18H14BrN3O/c19-10-5-6-14-12(9-10)18(17(23)22-14)16-11-3-1-2-4-13(11)21-15(16)7-8-20-18/h1-6,9,20-21H,7-8H2,(H,22,23). The monoisotopic (exact) mass is 367 g/mol. The molecule has 0 saturated heterocycles. The third kappa shape index (κ3) is 1.61.